The number of methoxy groups -OCH3 is 1. The zero-order valence-electron chi connectivity index (χ0n) is 14.2. The lowest BCUT2D eigenvalue weighted by molar-refractivity contribution is -0.140. The Balaban J connectivity index is 2.05. The van der Waals surface area contributed by atoms with Gasteiger partial charge in [0, 0.05) is 24.5 Å². The van der Waals surface area contributed by atoms with Crippen molar-refractivity contribution in [1.82, 2.24) is 4.90 Å². The van der Waals surface area contributed by atoms with Crippen LogP contribution in [-0.2, 0) is 9.59 Å². The number of carbonyl (C=O) groups excluding carboxylic acids is 1. The third-order valence-corrected chi connectivity index (χ3v) is 5.55. The lowest BCUT2D eigenvalue weighted by Gasteiger charge is -2.35. The van der Waals surface area contributed by atoms with Crippen LogP contribution in [0.2, 0.25) is 0 Å². The van der Waals surface area contributed by atoms with Gasteiger partial charge in [-0.3, -0.25) is 9.59 Å². The number of ether oxygens (including phenoxy) is 1. The van der Waals surface area contributed by atoms with Crippen molar-refractivity contribution < 1.29 is 19.4 Å². The van der Waals surface area contributed by atoms with Gasteiger partial charge in [0.2, 0.25) is 5.91 Å². The third kappa shape index (κ3) is 4.90. The van der Waals surface area contributed by atoms with Gasteiger partial charge < -0.3 is 14.7 Å². The van der Waals surface area contributed by atoms with Crippen LogP contribution in [0.25, 0.3) is 0 Å². The second-order valence-corrected chi connectivity index (χ2v) is 7.15. The smallest absolute Gasteiger partial charge is 0.305 e. The molecule has 1 N–H and O–H groups in total. The Labute approximate surface area is 147 Å². The maximum atomic E-state index is 12.8. The molecule has 0 saturated carbocycles. The molecule has 0 spiro atoms. The van der Waals surface area contributed by atoms with Gasteiger partial charge >= 0.3 is 5.97 Å². The predicted molar refractivity (Wildman–Crippen MR) is 95.7 cm³/mol. The molecular weight excluding hydrogens is 326 g/mol. The van der Waals surface area contributed by atoms with E-state index in [1.165, 1.54) is 0 Å². The van der Waals surface area contributed by atoms with Crippen molar-refractivity contribution in [2.75, 3.05) is 25.2 Å². The molecule has 2 atom stereocenters. The molecule has 1 heterocycles. The fourth-order valence-electron chi connectivity index (χ4n) is 3.06. The molecule has 1 aliphatic heterocycles. The van der Waals surface area contributed by atoms with Gasteiger partial charge in [-0.25, -0.2) is 0 Å². The molecule has 0 aliphatic carbocycles. The second-order valence-electron chi connectivity index (χ2n) is 6.00. The molecule has 2 rings (SSSR count). The molecule has 1 amide bonds. The van der Waals surface area contributed by atoms with Crippen LogP contribution in [-0.4, -0.2) is 53.1 Å². The number of hydrogen-bond donors (Lipinski definition) is 1. The Morgan fingerprint density at radius 1 is 1.38 bits per heavy atom. The molecule has 1 fully saturated rings. The number of thioether (sulfide) groups is 1. The molecule has 132 valence electrons. The average Bonchev–Trinajstić information content (AvgIpc) is 2.59. The number of hydrogen-bond acceptors (Lipinski definition) is 4. The minimum atomic E-state index is -0.845. The van der Waals surface area contributed by atoms with Gasteiger partial charge in [0.1, 0.15) is 5.75 Å². The fraction of sp³-hybridized carbons (Fsp3) is 0.556. The summed E-state index contributed by atoms with van der Waals surface area (Å²) in [4.78, 5) is 25.6. The van der Waals surface area contributed by atoms with Crippen molar-refractivity contribution in [3.63, 3.8) is 0 Å². The van der Waals surface area contributed by atoms with E-state index in [4.69, 9.17) is 9.84 Å². The summed E-state index contributed by atoms with van der Waals surface area (Å²) in [7, 11) is 1.63. The van der Waals surface area contributed by atoms with E-state index in [-0.39, 0.29) is 24.3 Å². The van der Waals surface area contributed by atoms with Gasteiger partial charge in [0.05, 0.1) is 19.6 Å². The highest BCUT2D eigenvalue weighted by Crippen LogP contribution is 2.28. The molecule has 1 saturated heterocycles. The summed E-state index contributed by atoms with van der Waals surface area (Å²) in [6.45, 7) is 2.71. The number of amides is 1. The second kappa shape index (κ2) is 8.97. The molecule has 0 aromatic heterocycles. The summed E-state index contributed by atoms with van der Waals surface area (Å²) in [5.41, 5.74) is 1.12. The first-order valence-electron chi connectivity index (χ1n) is 8.28. The zero-order chi connectivity index (χ0) is 17.5. The summed E-state index contributed by atoms with van der Waals surface area (Å²) in [5, 5.41) is 9.06. The standard InChI is InChI=1S/C18H25NO4S/c1-3-13(14-4-6-16(23-2)7-5-14)10-17(20)19-8-9-24-12-15(19)11-18(21)22/h4-7,13,15H,3,8-12H2,1-2H3,(H,21,22). The van der Waals surface area contributed by atoms with E-state index < -0.39 is 5.97 Å². The maximum absolute atomic E-state index is 12.8. The highest BCUT2D eigenvalue weighted by molar-refractivity contribution is 7.99. The molecule has 0 bridgehead atoms. The van der Waals surface area contributed by atoms with E-state index in [9.17, 15) is 9.59 Å². The highest BCUT2D eigenvalue weighted by Gasteiger charge is 2.30. The van der Waals surface area contributed by atoms with Crippen molar-refractivity contribution in [2.45, 2.75) is 38.1 Å². The van der Waals surface area contributed by atoms with E-state index in [1.807, 2.05) is 24.3 Å². The quantitative estimate of drug-likeness (QED) is 0.818. The minimum absolute atomic E-state index is 0.0259. The van der Waals surface area contributed by atoms with E-state index in [0.29, 0.717) is 18.7 Å². The van der Waals surface area contributed by atoms with Gasteiger partial charge in [-0.05, 0) is 30.0 Å². The van der Waals surface area contributed by atoms with Crippen LogP contribution in [0.4, 0.5) is 0 Å². The molecular formula is C18H25NO4S. The van der Waals surface area contributed by atoms with Gasteiger partial charge in [-0.15, -0.1) is 0 Å². The van der Waals surface area contributed by atoms with E-state index in [1.54, 1.807) is 23.8 Å². The molecule has 24 heavy (non-hydrogen) atoms. The Hall–Kier alpha value is -1.69. The van der Waals surface area contributed by atoms with Gasteiger partial charge in [0.15, 0.2) is 0 Å². The van der Waals surface area contributed by atoms with Crippen molar-refractivity contribution in [3.8, 4) is 5.75 Å². The first-order valence-corrected chi connectivity index (χ1v) is 9.43. The lowest BCUT2D eigenvalue weighted by Crippen LogP contribution is -2.47. The van der Waals surface area contributed by atoms with E-state index in [2.05, 4.69) is 6.92 Å². The summed E-state index contributed by atoms with van der Waals surface area (Å²) in [6, 6.07) is 7.63. The number of carboxylic acid groups (broad SMARTS) is 1. The Morgan fingerprint density at radius 3 is 2.67 bits per heavy atom. The van der Waals surface area contributed by atoms with Crippen LogP contribution in [0.5, 0.6) is 5.75 Å². The number of rotatable bonds is 7. The normalized spacial score (nSPS) is 18.9. The molecule has 6 heteroatoms. The number of benzene rings is 1. The summed E-state index contributed by atoms with van der Waals surface area (Å²) >= 11 is 1.72. The third-order valence-electron chi connectivity index (χ3n) is 4.46. The monoisotopic (exact) mass is 351 g/mol. The number of carbonyl (C=O) groups is 2. The van der Waals surface area contributed by atoms with Crippen LogP contribution in [0.1, 0.15) is 37.7 Å². The maximum Gasteiger partial charge on any atom is 0.305 e. The molecule has 0 radical (unpaired) electrons. The average molecular weight is 351 g/mol. The van der Waals surface area contributed by atoms with E-state index in [0.717, 1.165) is 23.5 Å². The SMILES string of the molecule is CCC(CC(=O)N1CCSCC1CC(=O)O)c1ccc(OC)cc1. The van der Waals surface area contributed by atoms with Crippen LogP contribution >= 0.6 is 11.8 Å². The first-order chi connectivity index (χ1) is 11.5. The predicted octanol–water partition coefficient (Wildman–Crippen LogP) is 3.00. The van der Waals surface area contributed by atoms with Crippen molar-refractivity contribution in [1.29, 1.82) is 0 Å². The Morgan fingerprint density at radius 2 is 2.08 bits per heavy atom. The van der Waals surface area contributed by atoms with E-state index >= 15 is 0 Å². The fourth-order valence-corrected chi connectivity index (χ4v) is 4.12. The topological polar surface area (TPSA) is 66.8 Å². The van der Waals surface area contributed by atoms with Crippen molar-refractivity contribution >= 4 is 23.6 Å². The molecule has 2 unspecified atom stereocenters. The number of carboxylic acids is 1. The molecule has 5 nitrogen and oxygen atoms in total. The Kier molecular flexibility index (Phi) is 6.97. The largest absolute Gasteiger partial charge is 0.497 e. The number of nitrogens with zero attached hydrogens (tertiary/aromatic N) is 1. The Bertz CT molecular complexity index is 561. The zero-order valence-corrected chi connectivity index (χ0v) is 15.1. The van der Waals surface area contributed by atoms with Crippen LogP contribution < -0.4 is 4.74 Å². The molecule has 1 aromatic carbocycles. The van der Waals surface area contributed by atoms with Gasteiger partial charge in [-0.1, -0.05) is 19.1 Å². The van der Waals surface area contributed by atoms with Gasteiger partial charge in [0.25, 0.3) is 0 Å². The lowest BCUT2D eigenvalue weighted by atomic mass is 9.92. The molecule has 1 aliphatic rings. The van der Waals surface area contributed by atoms with Crippen molar-refractivity contribution in [2.24, 2.45) is 0 Å². The van der Waals surface area contributed by atoms with Crippen LogP contribution in [0, 0.1) is 0 Å². The summed E-state index contributed by atoms with van der Waals surface area (Å²) in [5.74, 6) is 1.74. The minimum Gasteiger partial charge on any atom is -0.497 e. The van der Waals surface area contributed by atoms with Crippen LogP contribution in [0.3, 0.4) is 0 Å². The molecule has 1 aromatic rings. The van der Waals surface area contributed by atoms with Gasteiger partial charge in [-0.2, -0.15) is 11.8 Å². The number of aliphatic carboxylic acids is 1. The highest BCUT2D eigenvalue weighted by atomic mass is 32.2. The van der Waals surface area contributed by atoms with Crippen molar-refractivity contribution in [3.05, 3.63) is 29.8 Å². The summed E-state index contributed by atoms with van der Waals surface area (Å²) in [6.07, 6.45) is 1.31. The first kappa shape index (κ1) is 18.6. The summed E-state index contributed by atoms with van der Waals surface area (Å²) < 4.78 is 5.18. The van der Waals surface area contributed by atoms with Crippen LogP contribution in [0.15, 0.2) is 24.3 Å².